The van der Waals surface area contributed by atoms with E-state index in [4.69, 9.17) is 4.74 Å². The molecule has 6 heteroatoms. The van der Waals surface area contributed by atoms with Gasteiger partial charge in [-0.1, -0.05) is 307 Å². The lowest BCUT2D eigenvalue weighted by atomic mass is 10.0. The van der Waals surface area contributed by atoms with Crippen LogP contribution in [0.2, 0.25) is 0 Å². The van der Waals surface area contributed by atoms with E-state index < -0.39 is 12.1 Å². The normalized spacial score (nSPS) is 12.8. The van der Waals surface area contributed by atoms with Crippen LogP contribution in [0.4, 0.5) is 0 Å². The summed E-state index contributed by atoms with van der Waals surface area (Å²) in [6.07, 6.45) is 76.1. The Morgan fingerprint density at radius 2 is 0.718 bits per heavy atom. The molecule has 0 fully saturated rings. The SMILES string of the molecule is CCCC/C=C\C/C=C\CCCCCCCC(=O)OCCCCCCCCCCCCCCCCCC(=O)NC(CO)C(O)/C=C/CCCCCCCCCCCCCCCCCCCCCCCCC. The molecule has 2 atom stereocenters. The molecule has 0 bridgehead atoms. The zero-order valence-corrected chi connectivity index (χ0v) is 47.7. The predicted molar refractivity (Wildman–Crippen MR) is 310 cm³/mol. The third-order valence-corrected chi connectivity index (χ3v) is 14.7. The highest BCUT2D eigenvalue weighted by Gasteiger charge is 2.18. The van der Waals surface area contributed by atoms with Gasteiger partial charge in [0.1, 0.15) is 0 Å². The summed E-state index contributed by atoms with van der Waals surface area (Å²) in [5, 5.41) is 23.2. The second kappa shape index (κ2) is 60.6. The van der Waals surface area contributed by atoms with Crippen LogP contribution in [0.3, 0.4) is 0 Å². The van der Waals surface area contributed by atoms with E-state index >= 15 is 0 Å². The first-order valence-electron chi connectivity index (χ1n) is 31.8. The van der Waals surface area contributed by atoms with Crippen LogP contribution in [0, 0.1) is 0 Å². The Bertz CT molecular complexity index is 1150. The van der Waals surface area contributed by atoms with Crippen molar-refractivity contribution < 1.29 is 24.5 Å². The highest BCUT2D eigenvalue weighted by Crippen LogP contribution is 2.18. The highest BCUT2D eigenvalue weighted by atomic mass is 16.5. The van der Waals surface area contributed by atoms with Crippen LogP contribution >= 0.6 is 0 Å². The quantitative estimate of drug-likeness (QED) is 0.0321. The standard InChI is InChI=1S/C65H123NO5/c1-3-5-7-9-11-13-15-17-19-20-21-22-23-24-25-26-27-28-30-33-37-41-45-49-53-57-63(68)62(61-67)66-64(69)58-54-50-46-42-38-34-31-29-32-36-40-44-48-52-56-60-71-65(70)59-55-51-47-43-39-35-18-16-14-12-10-8-6-4-2/h10,12,16,18,53,57,62-63,67-68H,3-9,11,13-15,17,19-52,54-56,58-61H2,1-2H3,(H,66,69)/b12-10-,18-16-,57-53+. The molecule has 0 heterocycles. The Kier molecular flexibility index (Phi) is 59.0. The van der Waals surface area contributed by atoms with Crippen molar-refractivity contribution in [3.05, 3.63) is 36.5 Å². The van der Waals surface area contributed by atoms with E-state index in [0.717, 1.165) is 64.2 Å². The predicted octanol–water partition coefficient (Wildman–Crippen LogP) is 20.0. The Balaban J connectivity index is 3.47. The van der Waals surface area contributed by atoms with Gasteiger partial charge >= 0.3 is 5.97 Å². The number of allylic oxidation sites excluding steroid dienone is 5. The maximum Gasteiger partial charge on any atom is 0.305 e. The molecule has 0 aliphatic rings. The Hall–Kier alpha value is -1.92. The molecular weight excluding hydrogens is 875 g/mol. The number of unbranched alkanes of at least 4 members (excludes halogenated alkanes) is 44. The first-order chi connectivity index (χ1) is 35.0. The van der Waals surface area contributed by atoms with Crippen LogP contribution in [-0.4, -0.2) is 47.4 Å². The van der Waals surface area contributed by atoms with E-state index in [1.165, 1.54) is 250 Å². The summed E-state index contributed by atoms with van der Waals surface area (Å²) in [7, 11) is 0. The number of ether oxygens (including phenoxy) is 1. The van der Waals surface area contributed by atoms with Crippen LogP contribution in [-0.2, 0) is 14.3 Å². The first-order valence-corrected chi connectivity index (χ1v) is 31.8. The van der Waals surface area contributed by atoms with Gasteiger partial charge in [-0.25, -0.2) is 0 Å². The van der Waals surface area contributed by atoms with Crippen molar-refractivity contribution in [1.29, 1.82) is 0 Å². The number of esters is 1. The van der Waals surface area contributed by atoms with Gasteiger partial charge in [-0.05, 0) is 57.8 Å². The second-order valence-electron chi connectivity index (χ2n) is 21.7. The first kappa shape index (κ1) is 69.1. The molecule has 0 aromatic rings. The average molecular weight is 999 g/mol. The monoisotopic (exact) mass is 998 g/mol. The van der Waals surface area contributed by atoms with Crippen LogP contribution < -0.4 is 5.32 Å². The smallest absolute Gasteiger partial charge is 0.305 e. The van der Waals surface area contributed by atoms with E-state index in [1.54, 1.807) is 6.08 Å². The fourth-order valence-corrected chi connectivity index (χ4v) is 9.77. The molecular formula is C65H123NO5. The topological polar surface area (TPSA) is 95.9 Å². The summed E-state index contributed by atoms with van der Waals surface area (Å²) >= 11 is 0. The molecule has 0 radical (unpaired) electrons. The maximum absolute atomic E-state index is 12.5. The van der Waals surface area contributed by atoms with Crippen LogP contribution in [0.15, 0.2) is 36.5 Å². The number of aliphatic hydroxyl groups excluding tert-OH is 2. The third kappa shape index (κ3) is 57.2. The van der Waals surface area contributed by atoms with Crippen LogP contribution in [0.25, 0.3) is 0 Å². The summed E-state index contributed by atoms with van der Waals surface area (Å²) in [6.45, 7) is 4.86. The number of hydrogen-bond donors (Lipinski definition) is 3. The van der Waals surface area contributed by atoms with Gasteiger partial charge < -0.3 is 20.3 Å². The number of hydrogen-bond acceptors (Lipinski definition) is 5. The lowest BCUT2D eigenvalue weighted by Gasteiger charge is -2.20. The molecule has 0 aromatic carbocycles. The maximum atomic E-state index is 12.5. The summed E-state index contributed by atoms with van der Waals surface area (Å²) in [4.78, 5) is 24.6. The second-order valence-corrected chi connectivity index (χ2v) is 21.7. The van der Waals surface area contributed by atoms with Crippen molar-refractivity contribution in [2.45, 2.75) is 353 Å². The molecule has 0 spiro atoms. The molecule has 71 heavy (non-hydrogen) atoms. The van der Waals surface area contributed by atoms with Gasteiger partial charge in [0.05, 0.1) is 25.4 Å². The Morgan fingerprint density at radius 1 is 0.394 bits per heavy atom. The number of amides is 1. The molecule has 0 saturated heterocycles. The molecule has 0 aliphatic heterocycles. The Labute approximate surface area is 443 Å². The number of nitrogens with one attached hydrogen (secondary N) is 1. The molecule has 6 nitrogen and oxygen atoms in total. The van der Waals surface area contributed by atoms with Gasteiger partial charge in [0.25, 0.3) is 0 Å². The zero-order valence-electron chi connectivity index (χ0n) is 47.7. The molecule has 0 aliphatic carbocycles. The van der Waals surface area contributed by atoms with Crippen LogP contribution in [0.1, 0.15) is 341 Å². The van der Waals surface area contributed by atoms with Crippen molar-refractivity contribution in [3.63, 3.8) is 0 Å². The van der Waals surface area contributed by atoms with Gasteiger partial charge in [0.15, 0.2) is 0 Å². The minimum Gasteiger partial charge on any atom is -0.466 e. The van der Waals surface area contributed by atoms with Crippen molar-refractivity contribution in [2.75, 3.05) is 13.2 Å². The molecule has 418 valence electrons. The molecule has 0 saturated carbocycles. The van der Waals surface area contributed by atoms with Gasteiger partial charge in [-0.3, -0.25) is 9.59 Å². The van der Waals surface area contributed by atoms with Crippen molar-refractivity contribution >= 4 is 11.9 Å². The minimum atomic E-state index is -0.853. The minimum absolute atomic E-state index is 0.0146. The van der Waals surface area contributed by atoms with Crippen LogP contribution in [0.5, 0.6) is 0 Å². The lowest BCUT2D eigenvalue weighted by Crippen LogP contribution is -2.45. The van der Waals surface area contributed by atoms with Gasteiger partial charge in [-0.2, -0.15) is 0 Å². The van der Waals surface area contributed by atoms with E-state index in [1.807, 2.05) is 6.08 Å². The van der Waals surface area contributed by atoms with Gasteiger partial charge in [-0.15, -0.1) is 0 Å². The van der Waals surface area contributed by atoms with Gasteiger partial charge in [0.2, 0.25) is 5.91 Å². The molecule has 3 N–H and O–H groups in total. The molecule has 0 rings (SSSR count). The van der Waals surface area contributed by atoms with Crippen molar-refractivity contribution in [3.8, 4) is 0 Å². The highest BCUT2D eigenvalue weighted by molar-refractivity contribution is 5.76. The third-order valence-electron chi connectivity index (χ3n) is 14.7. The lowest BCUT2D eigenvalue weighted by molar-refractivity contribution is -0.143. The number of rotatable bonds is 59. The molecule has 2 unspecified atom stereocenters. The molecule has 0 aromatic heterocycles. The fraction of sp³-hybridized carbons (Fsp3) is 0.877. The average Bonchev–Trinajstić information content (AvgIpc) is 3.37. The molecule has 1 amide bonds. The summed E-state index contributed by atoms with van der Waals surface area (Å²) < 4.78 is 5.47. The van der Waals surface area contributed by atoms with E-state index in [-0.39, 0.29) is 18.5 Å². The van der Waals surface area contributed by atoms with Gasteiger partial charge in [0, 0.05) is 12.8 Å². The zero-order chi connectivity index (χ0) is 51.4. The number of carbonyl (C=O) groups excluding carboxylic acids is 2. The fourth-order valence-electron chi connectivity index (χ4n) is 9.77. The number of aliphatic hydroxyl groups is 2. The van der Waals surface area contributed by atoms with E-state index in [9.17, 15) is 19.8 Å². The summed E-state index contributed by atoms with van der Waals surface area (Å²) in [5.41, 5.74) is 0. The van der Waals surface area contributed by atoms with Crippen molar-refractivity contribution in [2.24, 2.45) is 0 Å². The summed E-state index contributed by atoms with van der Waals surface area (Å²) in [6, 6.07) is -0.637. The Morgan fingerprint density at radius 3 is 1.11 bits per heavy atom. The van der Waals surface area contributed by atoms with E-state index in [2.05, 4.69) is 43.5 Å². The van der Waals surface area contributed by atoms with Crippen molar-refractivity contribution in [1.82, 2.24) is 5.32 Å². The largest absolute Gasteiger partial charge is 0.466 e. The summed E-state index contributed by atoms with van der Waals surface area (Å²) in [5.74, 6) is -0.0885. The number of carbonyl (C=O) groups is 2. The van der Waals surface area contributed by atoms with E-state index in [0.29, 0.717) is 19.4 Å².